The minimum absolute atomic E-state index is 0.241. The van der Waals surface area contributed by atoms with Gasteiger partial charge in [0, 0.05) is 25.0 Å². The fraction of sp³-hybridized carbons (Fsp3) is 1.00. The lowest BCUT2D eigenvalue weighted by Gasteiger charge is -2.40. The molecule has 88 valence electrons. The molecule has 2 aliphatic rings. The Morgan fingerprint density at radius 3 is 2.80 bits per heavy atom. The van der Waals surface area contributed by atoms with Crippen molar-refractivity contribution in [2.45, 2.75) is 6.42 Å². The van der Waals surface area contributed by atoms with Crippen LogP contribution in [0.25, 0.3) is 0 Å². The van der Waals surface area contributed by atoms with E-state index in [0.717, 1.165) is 38.8 Å². The van der Waals surface area contributed by atoms with Crippen molar-refractivity contribution in [3.05, 3.63) is 0 Å². The number of ether oxygens (including phenoxy) is 1. The Kier molecular flexibility index (Phi) is 3.61. The van der Waals surface area contributed by atoms with Crippen molar-refractivity contribution < 1.29 is 4.74 Å². The predicted octanol–water partition coefficient (Wildman–Crippen LogP) is -0.497. The maximum Gasteiger partial charge on any atom is 0.0569 e. The zero-order valence-corrected chi connectivity index (χ0v) is 9.67. The molecule has 4 heteroatoms. The lowest BCUT2D eigenvalue weighted by molar-refractivity contribution is -0.105. The van der Waals surface area contributed by atoms with Gasteiger partial charge >= 0.3 is 0 Å². The molecule has 2 saturated heterocycles. The Hall–Kier alpha value is -0.160. The maximum absolute atomic E-state index is 5.76. The highest BCUT2D eigenvalue weighted by atomic mass is 16.5. The van der Waals surface area contributed by atoms with Crippen molar-refractivity contribution >= 4 is 0 Å². The fourth-order valence-corrected chi connectivity index (χ4v) is 2.42. The first kappa shape index (κ1) is 11.3. The summed E-state index contributed by atoms with van der Waals surface area (Å²) in [6.07, 6.45) is 1.33. The zero-order valence-electron chi connectivity index (χ0n) is 9.67. The van der Waals surface area contributed by atoms with Crippen LogP contribution in [0.5, 0.6) is 0 Å². The lowest BCUT2D eigenvalue weighted by Crippen LogP contribution is -2.54. The van der Waals surface area contributed by atoms with Crippen LogP contribution in [0.3, 0.4) is 0 Å². The third-order valence-corrected chi connectivity index (χ3v) is 3.67. The normalized spacial score (nSPS) is 30.4. The lowest BCUT2D eigenvalue weighted by atomic mass is 9.86. The number of likely N-dealkylation sites (tertiary alicyclic amines) is 1. The number of hydrogen-bond acceptors (Lipinski definition) is 4. The molecule has 2 rings (SSSR count). The Balaban J connectivity index is 1.62. The van der Waals surface area contributed by atoms with Gasteiger partial charge in [-0.25, -0.2) is 0 Å². The molecular weight excluding hydrogens is 190 g/mol. The van der Waals surface area contributed by atoms with Gasteiger partial charge in [0.05, 0.1) is 13.2 Å². The summed E-state index contributed by atoms with van der Waals surface area (Å²) in [7, 11) is 2.20. The van der Waals surface area contributed by atoms with Crippen LogP contribution in [0.1, 0.15) is 6.42 Å². The smallest absolute Gasteiger partial charge is 0.0569 e. The maximum atomic E-state index is 5.76. The quantitative estimate of drug-likeness (QED) is 0.647. The van der Waals surface area contributed by atoms with Crippen LogP contribution in [0, 0.1) is 11.3 Å². The monoisotopic (exact) mass is 213 g/mol. The first-order chi connectivity index (χ1) is 7.24. The Morgan fingerprint density at radius 2 is 2.33 bits per heavy atom. The van der Waals surface area contributed by atoms with E-state index in [1.165, 1.54) is 19.5 Å². The largest absolute Gasteiger partial charge is 0.380 e. The van der Waals surface area contributed by atoms with Gasteiger partial charge in [-0.1, -0.05) is 0 Å². The van der Waals surface area contributed by atoms with Crippen molar-refractivity contribution in [1.82, 2.24) is 10.2 Å². The van der Waals surface area contributed by atoms with Crippen molar-refractivity contribution in [3.8, 4) is 0 Å². The summed E-state index contributed by atoms with van der Waals surface area (Å²) < 4.78 is 5.24. The van der Waals surface area contributed by atoms with E-state index in [1.54, 1.807) is 0 Å². The summed E-state index contributed by atoms with van der Waals surface area (Å²) in [6, 6.07) is 0. The molecule has 2 aliphatic heterocycles. The Morgan fingerprint density at radius 1 is 1.53 bits per heavy atom. The first-order valence-corrected chi connectivity index (χ1v) is 5.91. The van der Waals surface area contributed by atoms with E-state index < -0.39 is 0 Å². The van der Waals surface area contributed by atoms with E-state index in [0.29, 0.717) is 0 Å². The summed E-state index contributed by atoms with van der Waals surface area (Å²) in [5, 5.41) is 3.55. The van der Waals surface area contributed by atoms with E-state index in [4.69, 9.17) is 10.5 Å². The molecule has 1 atom stereocenters. The minimum Gasteiger partial charge on any atom is -0.380 e. The van der Waals surface area contributed by atoms with E-state index in [2.05, 4.69) is 17.3 Å². The summed E-state index contributed by atoms with van der Waals surface area (Å²) in [5.74, 6) is 0.825. The minimum atomic E-state index is 0.241. The molecule has 3 N–H and O–H groups in total. The number of nitrogens with two attached hydrogens (primary N) is 1. The van der Waals surface area contributed by atoms with E-state index in [-0.39, 0.29) is 5.41 Å². The highest BCUT2D eigenvalue weighted by Crippen LogP contribution is 2.25. The third kappa shape index (κ3) is 2.69. The van der Waals surface area contributed by atoms with Crippen molar-refractivity contribution in [3.63, 3.8) is 0 Å². The second-order valence-corrected chi connectivity index (χ2v) is 5.24. The summed E-state index contributed by atoms with van der Waals surface area (Å²) in [6.45, 7) is 7.04. The number of rotatable bonds is 5. The number of nitrogens with zero attached hydrogens (tertiary/aromatic N) is 1. The molecule has 4 nitrogen and oxygen atoms in total. The van der Waals surface area contributed by atoms with Crippen LogP contribution in [0.4, 0.5) is 0 Å². The van der Waals surface area contributed by atoms with Crippen LogP contribution in [-0.4, -0.2) is 57.9 Å². The molecule has 1 unspecified atom stereocenters. The molecule has 0 aromatic carbocycles. The van der Waals surface area contributed by atoms with Crippen molar-refractivity contribution in [2.24, 2.45) is 17.1 Å². The number of hydrogen-bond donors (Lipinski definition) is 2. The van der Waals surface area contributed by atoms with Crippen LogP contribution in [0.2, 0.25) is 0 Å². The van der Waals surface area contributed by atoms with Crippen molar-refractivity contribution in [2.75, 3.05) is 53.0 Å². The van der Waals surface area contributed by atoms with Crippen LogP contribution in [-0.2, 0) is 4.74 Å². The van der Waals surface area contributed by atoms with Gasteiger partial charge in [0.2, 0.25) is 0 Å². The van der Waals surface area contributed by atoms with Gasteiger partial charge in [-0.2, -0.15) is 0 Å². The Labute approximate surface area is 92.1 Å². The SMILES string of the molecule is CN1CCC(CNCC2(CN)COC2)C1. The highest BCUT2D eigenvalue weighted by Gasteiger charge is 2.36. The first-order valence-electron chi connectivity index (χ1n) is 5.91. The summed E-state index contributed by atoms with van der Waals surface area (Å²) in [5.41, 5.74) is 6.00. The molecule has 0 spiro atoms. The predicted molar refractivity (Wildman–Crippen MR) is 60.8 cm³/mol. The Bertz CT molecular complexity index is 200. The average Bonchev–Trinajstić information content (AvgIpc) is 2.56. The van der Waals surface area contributed by atoms with Crippen LogP contribution < -0.4 is 11.1 Å². The van der Waals surface area contributed by atoms with Gasteiger partial charge < -0.3 is 20.7 Å². The molecule has 0 saturated carbocycles. The molecule has 2 heterocycles. The second kappa shape index (κ2) is 4.78. The van der Waals surface area contributed by atoms with E-state index >= 15 is 0 Å². The average molecular weight is 213 g/mol. The molecule has 15 heavy (non-hydrogen) atoms. The molecule has 0 radical (unpaired) electrons. The van der Waals surface area contributed by atoms with Gasteiger partial charge in [-0.3, -0.25) is 0 Å². The molecule has 0 aliphatic carbocycles. The highest BCUT2D eigenvalue weighted by molar-refractivity contribution is 4.89. The van der Waals surface area contributed by atoms with Crippen LogP contribution in [0.15, 0.2) is 0 Å². The molecule has 0 aromatic rings. The van der Waals surface area contributed by atoms with E-state index in [1.807, 2.05) is 0 Å². The third-order valence-electron chi connectivity index (χ3n) is 3.67. The summed E-state index contributed by atoms with van der Waals surface area (Å²) in [4.78, 5) is 2.40. The number of nitrogens with one attached hydrogen (secondary N) is 1. The molecule has 0 bridgehead atoms. The van der Waals surface area contributed by atoms with Gasteiger partial charge in [-0.15, -0.1) is 0 Å². The van der Waals surface area contributed by atoms with Gasteiger partial charge in [-0.05, 0) is 32.5 Å². The second-order valence-electron chi connectivity index (χ2n) is 5.24. The van der Waals surface area contributed by atoms with Gasteiger partial charge in [0.1, 0.15) is 0 Å². The molecule has 0 amide bonds. The molecule has 2 fully saturated rings. The zero-order chi connectivity index (χ0) is 10.7. The van der Waals surface area contributed by atoms with Gasteiger partial charge in [0.15, 0.2) is 0 Å². The topological polar surface area (TPSA) is 50.5 Å². The van der Waals surface area contributed by atoms with E-state index in [9.17, 15) is 0 Å². The van der Waals surface area contributed by atoms with Crippen LogP contribution >= 0.6 is 0 Å². The standard InChI is InChI=1S/C11H23N3O/c1-14-3-2-10(5-14)4-13-7-11(6-12)8-15-9-11/h10,13H,2-9,12H2,1H3. The summed E-state index contributed by atoms with van der Waals surface area (Å²) >= 11 is 0. The molecule has 0 aromatic heterocycles. The molecular formula is C11H23N3O. The van der Waals surface area contributed by atoms with Crippen molar-refractivity contribution in [1.29, 1.82) is 0 Å². The fourth-order valence-electron chi connectivity index (χ4n) is 2.42. The van der Waals surface area contributed by atoms with Gasteiger partial charge in [0.25, 0.3) is 0 Å².